The van der Waals surface area contributed by atoms with Crippen LogP contribution in [0.3, 0.4) is 0 Å². The number of benzene rings is 1. The number of piperidine rings is 2. The quantitative estimate of drug-likeness (QED) is 0.776. The van der Waals surface area contributed by atoms with E-state index in [-0.39, 0.29) is 30.3 Å². The second kappa shape index (κ2) is 7.84. The first kappa shape index (κ1) is 21.7. The fourth-order valence-corrected chi connectivity index (χ4v) is 6.35. The monoisotopic (exact) mass is 437 g/mol. The number of rotatable bonds is 3. The van der Waals surface area contributed by atoms with Gasteiger partial charge in [0.1, 0.15) is 10.7 Å². The van der Waals surface area contributed by atoms with Gasteiger partial charge in [-0.2, -0.15) is 9.57 Å². The molecule has 3 heterocycles. The zero-order valence-corrected chi connectivity index (χ0v) is 18.0. The molecule has 0 radical (unpaired) electrons. The van der Waals surface area contributed by atoms with E-state index in [4.69, 9.17) is 10.00 Å². The molecule has 0 saturated carbocycles. The van der Waals surface area contributed by atoms with E-state index in [2.05, 4.69) is 4.90 Å². The minimum absolute atomic E-state index is 0.117. The van der Waals surface area contributed by atoms with Crippen LogP contribution in [0.15, 0.2) is 23.1 Å². The Hall–Kier alpha value is -1.57. The third-order valence-electron chi connectivity index (χ3n) is 6.89. The lowest BCUT2D eigenvalue weighted by molar-refractivity contribution is -0.0344. The number of nitrogens with zero attached hydrogens (tertiary/aromatic N) is 3. The Morgan fingerprint density at radius 1 is 1.20 bits per heavy atom. The number of likely N-dealkylation sites (tertiary alicyclic amines) is 1. The molecule has 1 aromatic carbocycles. The van der Waals surface area contributed by atoms with Crippen LogP contribution in [-0.4, -0.2) is 72.8 Å². The first-order valence-electron chi connectivity index (χ1n) is 10.4. The third kappa shape index (κ3) is 4.12. The molecule has 4 rings (SSSR count). The fourth-order valence-electron chi connectivity index (χ4n) is 4.82. The van der Waals surface area contributed by atoms with E-state index in [0.717, 1.165) is 44.5 Å². The van der Waals surface area contributed by atoms with Gasteiger partial charge in [-0.1, -0.05) is 0 Å². The summed E-state index contributed by atoms with van der Waals surface area (Å²) in [6, 6.07) is 5.54. The van der Waals surface area contributed by atoms with Crippen molar-refractivity contribution in [3.05, 3.63) is 29.6 Å². The molecule has 3 fully saturated rings. The van der Waals surface area contributed by atoms with Gasteiger partial charge in [0.25, 0.3) is 0 Å². The Bertz CT molecular complexity index is 941. The van der Waals surface area contributed by atoms with Gasteiger partial charge < -0.3 is 9.84 Å². The highest BCUT2D eigenvalue weighted by Gasteiger charge is 2.47. The Morgan fingerprint density at radius 2 is 1.87 bits per heavy atom. The molecule has 1 aromatic rings. The predicted molar refractivity (Wildman–Crippen MR) is 108 cm³/mol. The first-order chi connectivity index (χ1) is 14.1. The van der Waals surface area contributed by atoms with E-state index in [0.29, 0.717) is 19.4 Å². The van der Waals surface area contributed by atoms with Crippen LogP contribution in [0.5, 0.6) is 0 Å². The van der Waals surface area contributed by atoms with E-state index < -0.39 is 26.3 Å². The van der Waals surface area contributed by atoms with Crippen LogP contribution in [0, 0.1) is 17.1 Å². The van der Waals surface area contributed by atoms with Gasteiger partial charge in [-0.05, 0) is 57.2 Å². The second-order valence-corrected chi connectivity index (χ2v) is 11.0. The van der Waals surface area contributed by atoms with Gasteiger partial charge in [-0.3, -0.25) is 4.90 Å². The smallest absolute Gasteiger partial charge is 0.246 e. The number of sulfonamides is 1. The van der Waals surface area contributed by atoms with Gasteiger partial charge in [-0.25, -0.2) is 12.8 Å². The molecule has 9 heteroatoms. The van der Waals surface area contributed by atoms with Gasteiger partial charge in [0, 0.05) is 32.2 Å². The number of hydrogen-bond donors (Lipinski definition) is 1. The van der Waals surface area contributed by atoms with Crippen molar-refractivity contribution in [3.63, 3.8) is 0 Å². The van der Waals surface area contributed by atoms with Crippen LogP contribution in [0.25, 0.3) is 0 Å². The second-order valence-electron chi connectivity index (χ2n) is 9.05. The van der Waals surface area contributed by atoms with E-state index in [1.54, 1.807) is 0 Å². The normalized spacial score (nSPS) is 27.2. The van der Waals surface area contributed by atoms with Crippen molar-refractivity contribution in [2.75, 3.05) is 32.8 Å². The Kier molecular flexibility index (Phi) is 5.66. The van der Waals surface area contributed by atoms with Crippen molar-refractivity contribution in [1.82, 2.24) is 9.21 Å². The molecular formula is C21H28FN3O4S. The van der Waals surface area contributed by atoms with Gasteiger partial charge >= 0.3 is 0 Å². The highest BCUT2D eigenvalue weighted by atomic mass is 32.2. The maximum Gasteiger partial charge on any atom is 0.246 e. The van der Waals surface area contributed by atoms with Gasteiger partial charge in [0.05, 0.1) is 29.4 Å². The molecular weight excluding hydrogens is 409 g/mol. The molecule has 1 atom stereocenters. The molecule has 1 unspecified atom stereocenters. The molecule has 1 spiro atoms. The van der Waals surface area contributed by atoms with Crippen molar-refractivity contribution < 1.29 is 22.7 Å². The minimum Gasteiger partial charge on any atom is -0.390 e. The highest BCUT2D eigenvalue weighted by Crippen LogP contribution is 2.40. The molecule has 3 aliphatic heterocycles. The van der Waals surface area contributed by atoms with E-state index in [9.17, 15) is 17.9 Å². The largest absolute Gasteiger partial charge is 0.390 e. The topological polar surface area (TPSA) is 93.9 Å². The molecule has 0 aromatic heterocycles. The molecule has 0 bridgehead atoms. The summed E-state index contributed by atoms with van der Waals surface area (Å²) < 4.78 is 47.6. The third-order valence-corrected chi connectivity index (χ3v) is 8.81. The summed E-state index contributed by atoms with van der Waals surface area (Å²) >= 11 is 0. The maximum absolute atomic E-state index is 14.2. The molecule has 3 aliphatic rings. The first-order valence-corrected chi connectivity index (χ1v) is 11.9. The Morgan fingerprint density at radius 3 is 2.50 bits per heavy atom. The van der Waals surface area contributed by atoms with Crippen molar-refractivity contribution >= 4 is 10.0 Å². The van der Waals surface area contributed by atoms with Gasteiger partial charge in [0.15, 0.2) is 0 Å². The van der Waals surface area contributed by atoms with Crippen molar-refractivity contribution in [3.8, 4) is 6.07 Å². The summed E-state index contributed by atoms with van der Waals surface area (Å²) in [6.45, 7) is 4.70. The summed E-state index contributed by atoms with van der Waals surface area (Å²) in [5, 5.41) is 19.2. The van der Waals surface area contributed by atoms with E-state index in [1.807, 2.05) is 13.0 Å². The highest BCUT2D eigenvalue weighted by molar-refractivity contribution is 7.89. The van der Waals surface area contributed by atoms with E-state index in [1.165, 1.54) is 10.4 Å². The lowest BCUT2D eigenvalue weighted by atomic mass is 9.86. The number of hydrogen-bond acceptors (Lipinski definition) is 6. The number of ether oxygens (including phenoxy) is 1. The minimum atomic E-state index is -4.01. The van der Waals surface area contributed by atoms with E-state index >= 15 is 0 Å². The van der Waals surface area contributed by atoms with Crippen LogP contribution in [0.2, 0.25) is 0 Å². The zero-order chi connectivity index (χ0) is 21.6. The van der Waals surface area contributed by atoms with Crippen LogP contribution >= 0.6 is 0 Å². The van der Waals surface area contributed by atoms with Crippen molar-refractivity contribution in [1.29, 1.82) is 5.26 Å². The van der Waals surface area contributed by atoms with Gasteiger partial charge in [0.2, 0.25) is 10.0 Å². The number of nitriles is 1. The fraction of sp³-hybridized carbons (Fsp3) is 0.667. The Balaban J connectivity index is 1.40. The van der Waals surface area contributed by atoms with Gasteiger partial charge in [-0.15, -0.1) is 0 Å². The standard InChI is InChI=1S/C21H28FN3O4S/c1-20(26)4-8-24(9-5-20)17-13-21(29-15-17)6-10-25(11-7-21)30(27,28)19-12-16(14-23)2-3-18(19)22/h2-3,12,17,26H,4-11,13,15H2,1H3. The van der Waals surface area contributed by atoms with Crippen LogP contribution < -0.4 is 0 Å². The molecule has 0 aliphatic carbocycles. The lowest BCUT2D eigenvalue weighted by Crippen LogP contribution is -2.49. The summed E-state index contributed by atoms with van der Waals surface area (Å²) in [4.78, 5) is 1.93. The molecule has 7 nitrogen and oxygen atoms in total. The summed E-state index contributed by atoms with van der Waals surface area (Å²) in [7, 11) is -4.01. The molecule has 3 saturated heterocycles. The lowest BCUT2D eigenvalue weighted by Gasteiger charge is -2.40. The van der Waals surface area contributed by atoms with Crippen molar-refractivity contribution in [2.24, 2.45) is 0 Å². The predicted octanol–water partition coefficient (Wildman–Crippen LogP) is 1.86. The molecule has 30 heavy (non-hydrogen) atoms. The summed E-state index contributed by atoms with van der Waals surface area (Å²) in [5.74, 6) is -0.840. The SMILES string of the molecule is CC1(O)CCN(C2COC3(CCN(S(=O)(=O)c4cc(C#N)ccc4F)CC3)C2)CC1. The average Bonchev–Trinajstić information content (AvgIpc) is 3.12. The number of aliphatic hydroxyl groups is 1. The number of halogens is 1. The van der Waals surface area contributed by atoms with Crippen LogP contribution in [0.4, 0.5) is 4.39 Å². The molecule has 164 valence electrons. The maximum atomic E-state index is 14.2. The zero-order valence-electron chi connectivity index (χ0n) is 17.2. The van der Waals surface area contributed by atoms with Crippen molar-refractivity contribution in [2.45, 2.75) is 61.2 Å². The molecule has 1 N–H and O–H groups in total. The average molecular weight is 438 g/mol. The van der Waals surface area contributed by atoms with Crippen LogP contribution in [-0.2, 0) is 14.8 Å². The Labute approximate surface area is 177 Å². The van der Waals surface area contributed by atoms with Crippen LogP contribution in [0.1, 0.15) is 44.6 Å². The summed E-state index contributed by atoms with van der Waals surface area (Å²) in [5.41, 5.74) is -0.819. The summed E-state index contributed by atoms with van der Waals surface area (Å²) in [6.07, 6.45) is 3.47. The molecule has 0 amide bonds.